The molecule has 2 N–H and O–H groups in total. The number of aliphatic hydroxyl groups is 1. The zero-order valence-corrected chi connectivity index (χ0v) is 4.37. The molecule has 3 heteroatoms. The number of aliphatic hydroxyl groups excluding tert-OH is 1. The van der Waals surface area contributed by atoms with E-state index in [4.69, 9.17) is 10.2 Å². The third-order valence-electron chi connectivity index (χ3n) is 0.656. The van der Waals surface area contributed by atoms with Gasteiger partial charge in [-0.1, -0.05) is 6.08 Å². The Balaban J connectivity index is 3.38. The summed E-state index contributed by atoms with van der Waals surface area (Å²) in [6, 6.07) is 0. The monoisotopic (exact) mass is 116 g/mol. The van der Waals surface area contributed by atoms with Gasteiger partial charge in [0.15, 0.2) is 0 Å². The van der Waals surface area contributed by atoms with Crippen molar-refractivity contribution in [3.05, 3.63) is 12.7 Å². The van der Waals surface area contributed by atoms with Crippen LogP contribution in [0, 0.1) is 0 Å². The van der Waals surface area contributed by atoms with E-state index >= 15 is 0 Å². The Morgan fingerprint density at radius 3 is 2.50 bits per heavy atom. The third-order valence-corrected chi connectivity index (χ3v) is 0.656. The highest BCUT2D eigenvalue weighted by molar-refractivity contribution is 5.67. The fraction of sp³-hybridized carbons (Fsp3) is 0.400. The smallest absolute Gasteiger partial charge is 0.306 e. The van der Waals surface area contributed by atoms with Gasteiger partial charge in [-0.15, -0.1) is 6.58 Å². The van der Waals surface area contributed by atoms with Gasteiger partial charge in [0.05, 0.1) is 12.5 Å². The molecule has 0 rings (SSSR count). The standard InChI is InChI=1S/C5H8O3/c1-2-4(6)3-5(7)8/h2,4,6H,1,3H2,(H,7,8)/t4-/m1/s1. The molecular formula is C5H8O3. The van der Waals surface area contributed by atoms with E-state index in [-0.39, 0.29) is 6.42 Å². The summed E-state index contributed by atoms with van der Waals surface area (Å²) in [6.07, 6.45) is 0.0185. The molecule has 0 aromatic heterocycles. The first-order valence-corrected chi connectivity index (χ1v) is 2.19. The lowest BCUT2D eigenvalue weighted by Crippen LogP contribution is -2.08. The first-order chi connectivity index (χ1) is 3.66. The van der Waals surface area contributed by atoms with E-state index in [1.54, 1.807) is 0 Å². The van der Waals surface area contributed by atoms with E-state index in [0.29, 0.717) is 0 Å². The summed E-state index contributed by atoms with van der Waals surface area (Å²) in [7, 11) is 0. The summed E-state index contributed by atoms with van der Waals surface area (Å²) < 4.78 is 0. The van der Waals surface area contributed by atoms with Crippen LogP contribution in [0.15, 0.2) is 12.7 Å². The molecule has 0 fully saturated rings. The molecule has 0 radical (unpaired) electrons. The molecule has 8 heavy (non-hydrogen) atoms. The van der Waals surface area contributed by atoms with Gasteiger partial charge in [-0.2, -0.15) is 0 Å². The average molecular weight is 116 g/mol. The Morgan fingerprint density at radius 1 is 1.88 bits per heavy atom. The van der Waals surface area contributed by atoms with Crippen LogP contribution >= 0.6 is 0 Å². The van der Waals surface area contributed by atoms with Crippen LogP contribution in [0.3, 0.4) is 0 Å². The minimum atomic E-state index is -1.02. The van der Waals surface area contributed by atoms with Crippen molar-refractivity contribution in [1.29, 1.82) is 0 Å². The molecule has 0 unspecified atom stereocenters. The normalized spacial score (nSPS) is 12.6. The van der Waals surface area contributed by atoms with Crippen molar-refractivity contribution in [2.24, 2.45) is 0 Å². The molecule has 0 aliphatic carbocycles. The molecule has 0 aromatic rings. The number of rotatable bonds is 3. The molecule has 3 nitrogen and oxygen atoms in total. The van der Waals surface area contributed by atoms with E-state index in [1.165, 1.54) is 6.08 Å². The molecule has 0 saturated heterocycles. The Kier molecular flexibility index (Phi) is 2.88. The van der Waals surface area contributed by atoms with Gasteiger partial charge in [0.1, 0.15) is 0 Å². The first kappa shape index (κ1) is 7.17. The molecule has 0 amide bonds. The van der Waals surface area contributed by atoms with Crippen LogP contribution < -0.4 is 0 Å². The average Bonchev–Trinajstić information content (AvgIpc) is 1.65. The molecule has 0 spiro atoms. The topological polar surface area (TPSA) is 57.5 Å². The van der Waals surface area contributed by atoms with E-state index in [2.05, 4.69) is 6.58 Å². The van der Waals surface area contributed by atoms with Gasteiger partial charge in [-0.3, -0.25) is 4.79 Å². The quantitative estimate of drug-likeness (QED) is 0.510. The van der Waals surface area contributed by atoms with Crippen LogP contribution in [0.2, 0.25) is 0 Å². The summed E-state index contributed by atoms with van der Waals surface area (Å²) >= 11 is 0. The number of hydrogen-bond acceptors (Lipinski definition) is 2. The van der Waals surface area contributed by atoms with Gasteiger partial charge in [-0.05, 0) is 0 Å². The predicted molar refractivity (Wildman–Crippen MR) is 28.5 cm³/mol. The van der Waals surface area contributed by atoms with E-state index < -0.39 is 12.1 Å². The number of carbonyl (C=O) groups is 1. The fourth-order valence-corrected chi connectivity index (χ4v) is 0.262. The van der Waals surface area contributed by atoms with Crippen molar-refractivity contribution >= 4 is 5.97 Å². The van der Waals surface area contributed by atoms with Crippen LogP contribution in [-0.2, 0) is 4.79 Å². The Morgan fingerprint density at radius 2 is 2.38 bits per heavy atom. The molecule has 0 aromatic carbocycles. The summed E-state index contributed by atoms with van der Waals surface area (Å²) in [6.45, 7) is 3.20. The van der Waals surface area contributed by atoms with Gasteiger partial charge in [0.25, 0.3) is 0 Å². The van der Waals surface area contributed by atoms with Crippen molar-refractivity contribution in [3.63, 3.8) is 0 Å². The lowest BCUT2D eigenvalue weighted by atomic mass is 10.2. The second-order valence-corrected chi connectivity index (χ2v) is 1.40. The summed E-state index contributed by atoms with van der Waals surface area (Å²) in [5.41, 5.74) is 0. The van der Waals surface area contributed by atoms with Crippen molar-refractivity contribution in [1.82, 2.24) is 0 Å². The predicted octanol–water partition coefficient (Wildman–Crippen LogP) is 0.00800. The van der Waals surface area contributed by atoms with Crippen LogP contribution in [0.25, 0.3) is 0 Å². The molecule has 0 bridgehead atoms. The fourth-order valence-electron chi connectivity index (χ4n) is 0.262. The third kappa shape index (κ3) is 3.36. The van der Waals surface area contributed by atoms with Crippen LogP contribution in [0.5, 0.6) is 0 Å². The highest BCUT2D eigenvalue weighted by atomic mass is 16.4. The highest BCUT2D eigenvalue weighted by Gasteiger charge is 2.02. The van der Waals surface area contributed by atoms with Crippen molar-refractivity contribution in [3.8, 4) is 0 Å². The summed E-state index contributed by atoms with van der Waals surface area (Å²) in [5, 5.41) is 16.5. The van der Waals surface area contributed by atoms with Gasteiger partial charge in [0, 0.05) is 0 Å². The second-order valence-electron chi connectivity index (χ2n) is 1.40. The van der Waals surface area contributed by atoms with Crippen LogP contribution in [-0.4, -0.2) is 22.3 Å². The van der Waals surface area contributed by atoms with Crippen molar-refractivity contribution in [2.75, 3.05) is 0 Å². The summed E-state index contributed by atoms with van der Waals surface area (Å²) in [4.78, 5) is 9.76. The molecule has 0 saturated carbocycles. The molecular weight excluding hydrogens is 108 g/mol. The SMILES string of the molecule is C=C[C@@H](O)CC(=O)O. The number of aliphatic carboxylic acids is 1. The number of carboxylic acid groups (broad SMARTS) is 1. The molecule has 1 atom stereocenters. The van der Waals surface area contributed by atoms with Gasteiger partial charge in [0.2, 0.25) is 0 Å². The van der Waals surface area contributed by atoms with Crippen molar-refractivity contribution in [2.45, 2.75) is 12.5 Å². The lowest BCUT2D eigenvalue weighted by Gasteiger charge is -1.96. The maximum Gasteiger partial charge on any atom is 0.306 e. The van der Waals surface area contributed by atoms with Gasteiger partial charge >= 0.3 is 5.97 Å². The largest absolute Gasteiger partial charge is 0.481 e. The second kappa shape index (κ2) is 3.21. The van der Waals surface area contributed by atoms with E-state index in [0.717, 1.165) is 0 Å². The van der Waals surface area contributed by atoms with Gasteiger partial charge in [-0.25, -0.2) is 0 Å². The molecule has 0 aliphatic rings. The lowest BCUT2D eigenvalue weighted by molar-refractivity contribution is -0.138. The zero-order valence-electron chi connectivity index (χ0n) is 4.37. The maximum atomic E-state index is 9.76. The Hall–Kier alpha value is -0.830. The summed E-state index contributed by atoms with van der Waals surface area (Å²) in [5.74, 6) is -1.02. The molecule has 46 valence electrons. The molecule has 0 aliphatic heterocycles. The van der Waals surface area contributed by atoms with Crippen molar-refractivity contribution < 1.29 is 15.0 Å². The van der Waals surface area contributed by atoms with E-state index in [1.807, 2.05) is 0 Å². The molecule has 0 heterocycles. The van der Waals surface area contributed by atoms with Crippen LogP contribution in [0.1, 0.15) is 6.42 Å². The maximum absolute atomic E-state index is 9.76. The first-order valence-electron chi connectivity index (χ1n) is 2.19. The van der Waals surface area contributed by atoms with Gasteiger partial charge < -0.3 is 10.2 Å². The van der Waals surface area contributed by atoms with E-state index in [9.17, 15) is 4.79 Å². The minimum Gasteiger partial charge on any atom is -0.481 e. The van der Waals surface area contributed by atoms with Crippen LogP contribution in [0.4, 0.5) is 0 Å². The minimum absolute atomic E-state index is 0.260. The number of hydrogen-bond donors (Lipinski definition) is 2. The Labute approximate surface area is 47.3 Å². The zero-order chi connectivity index (χ0) is 6.57. The highest BCUT2D eigenvalue weighted by Crippen LogP contribution is 1.89. The Bertz CT molecular complexity index is 97.8. The number of carboxylic acids is 1.